The lowest BCUT2D eigenvalue weighted by Crippen LogP contribution is -2.27. The van der Waals surface area contributed by atoms with Gasteiger partial charge in [-0.15, -0.1) is 0 Å². The zero-order valence-electron chi connectivity index (χ0n) is 9.81. The lowest BCUT2D eigenvalue weighted by atomic mass is 9.97. The fraction of sp³-hybridized carbons (Fsp3) is 0.667. The van der Waals surface area contributed by atoms with Crippen molar-refractivity contribution in [1.82, 2.24) is 9.97 Å². The van der Waals surface area contributed by atoms with Gasteiger partial charge in [0.25, 0.3) is 0 Å². The number of thioether (sulfide) groups is 1. The molecule has 1 heterocycles. The molecule has 0 bridgehead atoms. The van der Waals surface area contributed by atoms with Crippen LogP contribution in [0.25, 0.3) is 0 Å². The summed E-state index contributed by atoms with van der Waals surface area (Å²) in [7, 11) is 0. The monoisotopic (exact) mass is 238 g/mol. The molecule has 4 heteroatoms. The fourth-order valence-electron chi connectivity index (χ4n) is 2.10. The van der Waals surface area contributed by atoms with Gasteiger partial charge in [0.05, 0.1) is 6.10 Å². The number of hydrogen-bond acceptors (Lipinski definition) is 4. The maximum absolute atomic E-state index is 9.89. The van der Waals surface area contributed by atoms with E-state index in [0.29, 0.717) is 0 Å². The molecule has 88 valence electrons. The van der Waals surface area contributed by atoms with Gasteiger partial charge in [0.15, 0.2) is 5.16 Å². The third kappa shape index (κ3) is 2.95. The molecule has 1 fully saturated rings. The fourth-order valence-corrected chi connectivity index (χ4v) is 3.34. The predicted molar refractivity (Wildman–Crippen MR) is 65.6 cm³/mol. The maximum Gasteiger partial charge on any atom is 0.188 e. The van der Waals surface area contributed by atoms with E-state index in [0.717, 1.165) is 35.8 Å². The van der Waals surface area contributed by atoms with Crippen LogP contribution >= 0.6 is 11.8 Å². The Morgan fingerprint density at radius 2 is 1.81 bits per heavy atom. The molecule has 0 aliphatic heterocycles. The van der Waals surface area contributed by atoms with E-state index in [9.17, 15) is 5.11 Å². The van der Waals surface area contributed by atoms with Crippen LogP contribution in [-0.2, 0) is 0 Å². The predicted octanol–water partition coefficient (Wildman–Crippen LogP) is 2.49. The largest absolute Gasteiger partial charge is 0.392 e. The molecule has 2 atom stereocenters. The topological polar surface area (TPSA) is 46.0 Å². The quantitative estimate of drug-likeness (QED) is 0.804. The van der Waals surface area contributed by atoms with E-state index >= 15 is 0 Å². The summed E-state index contributed by atoms with van der Waals surface area (Å²) in [6, 6.07) is 1.97. The van der Waals surface area contributed by atoms with Crippen molar-refractivity contribution in [2.45, 2.75) is 56.0 Å². The molecule has 3 nitrogen and oxygen atoms in total. The van der Waals surface area contributed by atoms with Crippen molar-refractivity contribution in [1.29, 1.82) is 0 Å². The summed E-state index contributed by atoms with van der Waals surface area (Å²) in [5.74, 6) is 0. The van der Waals surface area contributed by atoms with Gasteiger partial charge in [-0.1, -0.05) is 24.6 Å². The first-order valence-corrected chi connectivity index (χ1v) is 6.70. The molecule has 0 spiro atoms. The van der Waals surface area contributed by atoms with E-state index in [2.05, 4.69) is 9.97 Å². The first kappa shape index (κ1) is 11.9. The summed E-state index contributed by atoms with van der Waals surface area (Å²) >= 11 is 1.63. The van der Waals surface area contributed by atoms with E-state index in [1.54, 1.807) is 11.8 Å². The molecule has 0 aromatic carbocycles. The zero-order valence-corrected chi connectivity index (χ0v) is 10.6. The first-order valence-electron chi connectivity index (χ1n) is 5.82. The van der Waals surface area contributed by atoms with Crippen LogP contribution in [0.1, 0.15) is 37.1 Å². The van der Waals surface area contributed by atoms with Gasteiger partial charge in [-0.2, -0.15) is 0 Å². The van der Waals surface area contributed by atoms with Crippen molar-refractivity contribution in [3.63, 3.8) is 0 Å². The normalized spacial score (nSPS) is 25.7. The molecule has 0 saturated heterocycles. The molecule has 1 aliphatic rings. The Balaban J connectivity index is 2.07. The number of aryl methyl sites for hydroxylation is 2. The van der Waals surface area contributed by atoms with E-state index in [1.165, 1.54) is 6.42 Å². The number of aliphatic hydroxyl groups excluding tert-OH is 1. The van der Waals surface area contributed by atoms with Crippen molar-refractivity contribution in [3.8, 4) is 0 Å². The highest BCUT2D eigenvalue weighted by Crippen LogP contribution is 2.32. The van der Waals surface area contributed by atoms with Gasteiger partial charge in [-0.3, -0.25) is 0 Å². The summed E-state index contributed by atoms with van der Waals surface area (Å²) in [4.78, 5) is 8.81. The van der Waals surface area contributed by atoms with Crippen LogP contribution in [0.4, 0.5) is 0 Å². The van der Waals surface area contributed by atoms with Crippen LogP contribution < -0.4 is 0 Å². The second-order valence-corrected chi connectivity index (χ2v) is 5.65. The average molecular weight is 238 g/mol. The molecule has 1 aliphatic carbocycles. The van der Waals surface area contributed by atoms with Gasteiger partial charge >= 0.3 is 0 Å². The van der Waals surface area contributed by atoms with Crippen LogP contribution in [0.15, 0.2) is 11.2 Å². The minimum Gasteiger partial charge on any atom is -0.392 e. The highest BCUT2D eigenvalue weighted by Gasteiger charge is 2.24. The standard InChI is InChI=1S/C12H18N2OS/c1-8-7-9(2)14-12(13-8)16-11-6-4-3-5-10(11)15/h7,10-11,15H,3-6H2,1-2H3/t10-,11-/m0/s1. The van der Waals surface area contributed by atoms with Gasteiger partial charge in [0, 0.05) is 16.6 Å². The summed E-state index contributed by atoms with van der Waals surface area (Å²) in [5.41, 5.74) is 2.00. The third-order valence-electron chi connectivity index (χ3n) is 2.89. The molecule has 2 rings (SSSR count). The zero-order chi connectivity index (χ0) is 11.5. The molecular formula is C12H18N2OS. The van der Waals surface area contributed by atoms with E-state index < -0.39 is 0 Å². The molecule has 1 aromatic heterocycles. The number of aromatic nitrogens is 2. The second kappa shape index (κ2) is 5.15. The summed E-state index contributed by atoms with van der Waals surface area (Å²) < 4.78 is 0. The van der Waals surface area contributed by atoms with E-state index in [-0.39, 0.29) is 11.4 Å². The maximum atomic E-state index is 9.89. The van der Waals surface area contributed by atoms with Crippen LogP contribution in [0.3, 0.4) is 0 Å². The van der Waals surface area contributed by atoms with Gasteiger partial charge in [-0.25, -0.2) is 9.97 Å². The number of hydrogen-bond donors (Lipinski definition) is 1. The SMILES string of the molecule is Cc1cc(C)nc(S[C@H]2CCCC[C@@H]2O)n1. The van der Waals surface area contributed by atoms with Crippen molar-refractivity contribution in [2.75, 3.05) is 0 Å². The molecule has 16 heavy (non-hydrogen) atoms. The first-order chi connectivity index (χ1) is 7.65. The Hall–Kier alpha value is -0.610. The number of aliphatic hydroxyl groups is 1. The summed E-state index contributed by atoms with van der Waals surface area (Å²) in [5, 5.41) is 11.0. The van der Waals surface area contributed by atoms with Crippen LogP contribution in [0.5, 0.6) is 0 Å². The lowest BCUT2D eigenvalue weighted by Gasteiger charge is -2.26. The van der Waals surface area contributed by atoms with E-state index in [1.807, 2.05) is 19.9 Å². The van der Waals surface area contributed by atoms with Gasteiger partial charge in [-0.05, 0) is 32.8 Å². The molecular weight excluding hydrogens is 220 g/mol. The minimum atomic E-state index is -0.192. The molecule has 0 radical (unpaired) electrons. The number of rotatable bonds is 2. The average Bonchev–Trinajstić information content (AvgIpc) is 2.20. The van der Waals surface area contributed by atoms with Crippen molar-refractivity contribution in [3.05, 3.63) is 17.5 Å². The van der Waals surface area contributed by atoms with Crippen molar-refractivity contribution in [2.24, 2.45) is 0 Å². The highest BCUT2D eigenvalue weighted by atomic mass is 32.2. The Morgan fingerprint density at radius 1 is 1.19 bits per heavy atom. The molecule has 1 aromatic rings. The van der Waals surface area contributed by atoms with Crippen LogP contribution in [0, 0.1) is 13.8 Å². The Bertz CT molecular complexity index is 350. The Kier molecular flexibility index (Phi) is 3.82. The van der Waals surface area contributed by atoms with E-state index in [4.69, 9.17) is 0 Å². The van der Waals surface area contributed by atoms with Gasteiger partial charge in [0.2, 0.25) is 0 Å². The Morgan fingerprint density at radius 3 is 2.44 bits per heavy atom. The molecule has 0 unspecified atom stereocenters. The summed E-state index contributed by atoms with van der Waals surface area (Å²) in [6.45, 7) is 3.96. The second-order valence-electron chi connectivity index (χ2n) is 4.44. The lowest BCUT2D eigenvalue weighted by molar-refractivity contribution is 0.137. The Labute approximate surface area is 101 Å². The molecule has 1 N–H and O–H groups in total. The number of nitrogens with zero attached hydrogens (tertiary/aromatic N) is 2. The van der Waals surface area contributed by atoms with Gasteiger partial charge in [0.1, 0.15) is 0 Å². The van der Waals surface area contributed by atoms with Crippen LogP contribution in [-0.4, -0.2) is 26.4 Å². The highest BCUT2D eigenvalue weighted by molar-refractivity contribution is 7.99. The minimum absolute atomic E-state index is 0.192. The molecule has 0 amide bonds. The van der Waals surface area contributed by atoms with Crippen molar-refractivity contribution >= 4 is 11.8 Å². The smallest absolute Gasteiger partial charge is 0.188 e. The van der Waals surface area contributed by atoms with Gasteiger partial charge < -0.3 is 5.11 Å². The molecule has 1 saturated carbocycles. The summed E-state index contributed by atoms with van der Waals surface area (Å²) in [6.07, 6.45) is 4.15. The van der Waals surface area contributed by atoms with Crippen molar-refractivity contribution < 1.29 is 5.11 Å². The third-order valence-corrected chi connectivity index (χ3v) is 4.13. The van der Waals surface area contributed by atoms with Crippen LogP contribution in [0.2, 0.25) is 0 Å².